The Morgan fingerprint density at radius 3 is 2.31 bits per heavy atom. The first-order valence-electron chi connectivity index (χ1n) is 8.98. The first-order valence-corrected chi connectivity index (χ1v) is 10.8. The van der Waals surface area contributed by atoms with Crippen LogP contribution in [0.2, 0.25) is 5.02 Å². The number of aryl methyl sites for hydroxylation is 2. The number of anilines is 2. The lowest BCUT2D eigenvalue weighted by atomic mass is 10.2. The van der Waals surface area contributed by atoms with Gasteiger partial charge < -0.3 is 5.32 Å². The molecule has 0 saturated carbocycles. The van der Waals surface area contributed by atoms with Gasteiger partial charge in [0, 0.05) is 10.7 Å². The van der Waals surface area contributed by atoms with E-state index in [1.54, 1.807) is 31.2 Å². The number of para-hydroxylation sites is 1. The summed E-state index contributed by atoms with van der Waals surface area (Å²) in [5.41, 5.74) is 2.80. The van der Waals surface area contributed by atoms with Crippen LogP contribution in [0, 0.1) is 13.8 Å². The Bertz CT molecular complexity index is 1130. The number of hydrogen-bond acceptors (Lipinski definition) is 3. The maximum Gasteiger partial charge on any atom is 0.264 e. The van der Waals surface area contributed by atoms with Crippen molar-refractivity contribution in [1.82, 2.24) is 0 Å². The van der Waals surface area contributed by atoms with Crippen LogP contribution in [-0.4, -0.2) is 20.9 Å². The molecule has 0 aliphatic rings. The largest absolute Gasteiger partial charge is 0.325 e. The van der Waals surface area contributed by atoms with E-state index in [1.807, 2.05) is 31.2 Å². The van der Waals surface area contributed by atoms with Crippen LogP contribution < -0.4 is 9.62 Å². The number of hydrogen-bond donors (Lipinski definition) is 1. The maximum absolute atomic E-state index is 13.3. The van der Waals surface area contributed by atoms with Crippen LogP contribution >= 0.6 is 11.6 Å². The topological polar surface area (TPSA) is 66.5 Å². The molecule has 0 aromatic heterocycles. The van der Waals surface area contributed by atoms with Gasteiger partial charge in [0.2, 0.25) is 5.91 Å². The molecular formula is C22H21ClN2O3S. The second-order valence-electron chi connectivity index (χ2n) is 6.67. The first-order chi connectivity index (χ1) is 13.8. The summed E-state index contributed by atoms with van der Waals surface area (Å²) in [5, 5.41) is 3.20. The highest BCUT2D eigenvalue weighted by molar-refractivity contribution is 7.92. The highest BCUT2D eigenvalue weighted by Crippen LogP contribution is 2.27. The number of amides is 1. The molecule has 0 aliphatic carbocycles. The molecule has 1 amide bonds. The molecule has 3 aromatic rings. The second kappa shape index (κ2) is 8.68. The summed E-state index contributed by atoms with van der Waals surface area (Å²) in [7, 11) is -3.98. The fourth-order valence-electron chi connectivity index (χ4n) is 2.93. The summed E-state index contributed by atoms with van der Waals surface area (Å²) < 4.78 is 27.8. The van der Waals surface area contributed by atoms with E-state index in [-0.39, 0.29) is 11.4 Å². The zero-order valence-corrected chi connectivity index (χ0v) is 17.7. The lowest BCUT2D eigenvalue weighted by molar-refractivity contribution is -0.114. The van der Waals surface area contributed by atoms with Gasteiger partial charge in [-0.05, 0) is 67.4 Å². The number of sulfonamides is 1. The van der Waals surface area contributed by atoms with Crippen LogP contribution in [0.4, 0.5) is 11.4 Å². The van der Waals surface area contributed by atoms with E-state index in [2.05, 4.69) is 5.32 Å². The predicted octanol–water partition coefficient (Wildman–Crippen LogP) is 4.79. The molecule has 7 heteroatoms. The van der Waals surface area contributed by atoms with Crippen molar-refractivity contribution < 1.29 is 13.2 Å². The van der Waals surface area contributed by atoms with Crippen molar-refractivity contribution in [3.8, 4) is 0 Å². The van der Waals surface area contributed by atoms with E-state index in [1.165, 1.54) is 24.3 Å². The molecule has 0 aliphatic heterocycles. The third-order valence-corrected chi connectivity index (χ3v) is 6.40. The Kier molecular flexibility index (Phi) is 6.25. The van der Waals surface area contributed by atoms with E-state index >= 15 is 0 Å². The summed E-state index contributed by atoms with van der Waals surface area (Å²) in [6, 6.07) is 20.3. The molecule has 0 spiro atoms. The second-order valence-corrected chi connectivity index (χ2v) is 8.97. The number of nitrogens with one attached hydrogen (secondary N) is 1. The van der Waals surface area contributed by atoms with Crippen molar-refractivity contribution in [1.29, 1.82) is 0 Å². The SMILES string of the molecule is Cc1cccc(NC(=O)CN(c2ccccc2C)S(=O)(=O)c2ccc(Cl)cc2)c1. The van der Waals surface area contributed by atoms with Gasteiger partial charge in [-0.15, -0.1) is 0 Å². The van der Waals surface area contributed by atoms with Gasteiger partial charge in [0.15, 0.2) is 0 Å². The quantitative estimate of drug-likeness (QED) is 0.613. The molecule has 5 nitrogen and oxygen atoms in total. The highest BCUT2D eigenvalue weighted by Gasteiger charge is 2.28. The molecule has 0 atom stereocenters. The molecule has 0 bridgehead atoms. The van der Waals surface area contributed by atoms with Gasteiger partial charge >= 0.3 is 0 Å². The molecule has 0 saturated heterocycles. The van der Waals surface area contributed by atoms with Crippen LogP contribution in [0.25, 0.3) is 0 Å². The highest BCUT2D eigenvalue weighted by atomic mass is 35.5. The summed E-state index contributed by atoms with van der Waals surface area (Å²) in [6.45, 7) is 3.36. The number of halogens is 1. The van der Waals surface area contributed by atoms with Crippen LogP contribution in [0.15, 0.2) is 77.7 Å². The Morgan fingerprint density at radius 1 is 0.966 bits per heavy atom. The van der Waals surface area contributed by atoms with Crippen molar-refractivity contribution in [2.45, 2.75) is 18.7 Å². The van der Waals surface area contributed by atoms with Crippen molar-refractivity contribution in [2.24, 2.45) is 0 Å². The first kappa shape index (κ1) is 20.9. The van der Waals surface area contributed by atoms with Gasteiger partial charge in [-0.1, -0.05) is 41.9 Å². The number of benzene rings is 3. The van der Waals surface area contributed by atoms with Gasteiger partial charge in [0.1, 0.15) is 6.54 Å². The fraction of sp³-hybridized carbons (Fsp3) is 0.136. The average molecular weight is 429 g/mol. The minimum absolute atomic E-state index is 0.0634. The number of carbonyl (C=O) groups is 1. The normalized spacial score (nSPS) is 11.1. The van der Waals surface area contributed by atoms with E-state index in [0.29, 0.717) is 16.4 Å². The van der Waals surface area contributed by atoms with Crippen molar-refractivity contribution >= 4 is 38.9 Å². The number of carbonyl (C=O) groups excluding carboxylic acids is 1. The predicted molar refractivity (Wildman–Crippen MR) is 117 cm³/mol. The molecule has 150 valence electrons. The molecule has 0 heterocycles. The van der Waals surface area contributed by atoms with Crippen LogP contribution in [0.1, 0.15) is 11.1 Å². The summed E-state index contributed by atoms with van der Waals surface area (Å²) in [4.78, 5) is 12.8. The van der Waals surface area contributed by atoms with Gasteiger partial charge in [-0.25, -0.2) is 8.42 Å². The van der Waals surface area contributed by atoms with E-state index < -0.39 is 15.9 Å². The van der Waals surface area contributed by atoms with Gasteiger partial charge in [0.25, 0.3) is 10.0 Å². The van der Waals surface area contributed by atoms with Crippen LogP contribution in [0.3, 0.4) is 0 Å². The number of nitrogens with zero attached hydrogens (tertiary/aromatic N) is 1. The molecule has 0 radical (unpaired) electrons. The lowest BCUT2D eigenvalue weighted by Crippen LogP contribution is -2.38. The Hall–Kier alpha value is -2.83. The summed E-state index contributed by atoms with van der Waals surface area (Å²) in [5.74, 6) is -0.434. The zero-order chi connectivity index (χ0) is 21.0. The summed E-state index contributed by atoms with van der Waals surface area (Å²) >= 11 is 5.90. The van der Waals surface area contributed by atoms with Crippen LogP contribution in [0.5, 0.6) is 0 Å². The summed E-state index contributed by atoms with van der Waals surface area (Å²) in [6.07, 6.45) is 0. The number of rotatable bonds is 6. The minimum atomic E-state index is -3.98. The van der Waals surface area contributed by atoms with Gasteiger partial charge in [-0.2, -0.15) is 0 Å². The van der Waals surface area contributed by atoms with E-state index in [0.717, 1.165) is 15.4 Å². The molecular weight excluding hydrogens is 408 g/mol. The van der Waals surface area contributed by atoms with Gasteiger partial charge in [-0.3, -0.25) is 9.10 Å². The molecule has 0 unspecified atom stereocenters. The van der Waals surface area contributed by atoms with Crippen LogP contribution in [-0.2, 0) is 14.8 Å². The molecule has 1 N–H and O–H groups in total. The Balaban J connectivity index is 1.96. The smallest absolute Gasteiger partial charge is 0.264 e. The average Bonchev–Trinajstić information content (AvgIpc) is 2.67. The molecule has 3 aromatic carbocycles. The van der Waals surface area contributed by atoms with Crippen molar-refractivity contribution in [2.75, 3.05) is 16.2 Å². The van der Waals surface area contributed by atoms with Gasteiger partial charge in [0.05, 0.1) is 10.6 Å². The molecule has 0 fully saturated rings. The Morgan fingerprint density at radius 2 is 1.66 bits per heavy atom. The van der Waals surface area contributed by atoms with E-state index in [4.69, 9.17) is 11.6 Å². The molecule has 29 heavy (non-hydrogen) atoms. The zero-order valence-electron chi connectivity index (χ0n) is 16.1. The maximum atomic E-state index is 13.3. The van der Waals surface area contributed by atoms with Crippen molar-refractivity contribution in [3.63, 3.8) is 0 Å². The standard InChI is InChI=1S/C22H21ClN2O3S/c1-16-6-5-8-19(14-16)24-22(26)15-25(21-9-4-3-7-17(21)2)29(27,28)20-12-10-18(23)11-13-20/h3-14H,15H2,1-2H3,(H,24,26). The lowest BCUT2D eigenvalue weighted by Gasteiger charge is -2.25. The Labute approximate surface area is 176 Å². The van der Waals surface area contributed by atoms with Crippen molar-refractivity contribution in [3.05, 3.63) is 88.9 Å². The third kappa shape index (κ3) is 4.96. The third-order valence-electron chi connectivity index (χ3n) is 4.37. The minimum Gasteiger partial charge on any atom is -0.325 e. The fourth-order valence-corrected chi connectivity index (χ4v) is 4.54. The molecule has 3 rings (SSSR count). The monoisotopic (exact) mass is 428 g/mol. The van der Waals surface area contributed by atoms with E-state index in [9.17, 15) is 13.2 Å².